The van der Waals surface area contributed by atoms with Gasteiger partial charge in [-0.25, -0.2) is 0 Å². The summed E-state index contributed by atoms with van der Waals surface area (Å²) in [5.41, 5.74) is 1.96. The van der Waals surface area contributed by atoms with Crippen molar-refractivity contribution in [2.24, 2.45) is 40.4 Å². The SMILES string of the molecule is CC(C)CCC[C@@H](C)[C@H]1CC[C@H]2C3=C(CC[C@]12C)[C@@]1(C)CCCCC1C(=O)O3. The van der Waals surface area contributed by atoms with Crippen molar-refractivity contribution >= 4 is 5.97 Å². The summed E-state index contributed by atoms with van der Waals surface area (Å²) in [4.78, 5) is 12.9. The molecule has 0 radical (unpaired) electrons. The molecule has 0 aromatic heterocycles. The standard InChI is InChI=1S/C26H42O2/c1-17(2)9-8-10-18(3)19-12-13-20-23-21(14-16-26(19,20)5)25(4)15-7-6-11-22(25)24(27)28-23/h17-20,22H,6-16H2,1-5H3/t18-,19-,20+,22?,25-,26-/m1/s1. The summed E-state index contributed by atoms with van der Waals surface area (Å²) in [5, 5.41) is 0. The van der Waals surface area contributed by atoms with E-state index in [0.29, 0.717) is 11.3 Å². The van der Waals surface area contributed by atoms with E-state index in [2.05, 4.69) is 34.6 Å². The highest BCUT2D eigenvalue weighted by molar-refractivity contribution is 5.77. The first-order chi connectivity index (χ1) is 13.3. The zero-order chi connectivity index (χ0) is 20.1. The molecule has 4 aliphatic rings. The smallest absolute Gasteiger partial charge is 0.314 e. The number of hydrogen-bond donors (Lipinski definition) is 0. The average Bonchev–Trinajstić information content (AvgIpc) is 2.99. The van der Waals surface area contributed by atoms with E-state index in [0.717, 1.165) is 36.4 Å². The lowest BCUT2D eigenvalue weighted by atomic mass is 9.55. The molecule has 28 heavy (non-hydrogen) atoms. The molecule has 0 aromatic rings. The molecule has 3 aliphatic carbocycles. The monoisotopic (exact) mass is 386 g/mol. The van der Waals surface area contributed by atoms with Crippen molar-refractivity contribution in [1.82, 2.24) is 0 Å². The van der Waals surface area contributed by atoms with Crippen LogP contribution < -0.4 is 0 Å². The fourth-order valence-corrected chi connectivity index (χ4v) is 7.72. The van der Waals surface area contributed by atoms with Crippen molar-refractivity contribution < 1.29 is 9.53 Å². The largest absolute Gasteiger partial charge is 0.431 e. The molecule has 6 atom stereocenters. The van der Waals surface area contributed by atoms with Crippen LogP contribution in [0.25, 0.3) is 0 Å². The van der Waals surface area contributed by atoms with E-state index in [1.165, 1.54) is 57.8 Å². The van der Waals surface area contributed by atoms with Gasteiger partial charge in [0.2, 0.25) is 0 Å². The fourth-order valence-electron chi connectivity index (χ4n) is 7.72. The number of carbonyl (C=O) groups excluding carboxylic acids is 1. The van der Waals surface area contributed by atoms with Gasteiger partial charge in [0.1, 0.15) is 5.76 Å². The Bertz CT molecular complexity index is 647. The van der Waals surface area contributed by atoms with Gasteiger partial charge >= 0.3 is 5.97 Å². The van der Waals surface area contributed by atoms with Crippen LogP contribution in [0.3, 0.4) is 0 Å². The zero-order valence-corrected chi connectivity index (χ0v) is 19.0. The highest BCUT2D eigenvalue weighted by Crippen LogP contribution is 2.64. The molecule has 0 aromatic carbocycles. The Kier molecular flexibility index (Phi) is 5.47. The molecular weight excluding hydrogens is 344 g/mol. The lowest BCUT2D eigenvalue weighted by Gasteiger charge is -2.52. The zero-order valence-electron chi connectivity index (χ0n) is 19.0. The minimum atomic E-state index is 0.0885. The number of carbonyl (C=O) groups is 1. The molecule has 1 aliphatic heterocycles. The molecule has 0 spiro atoms. The van der Waals surface area contributed by atoms with Crippen molar-refractivity contribution in [3.05, 3.63) is 11.3 Å². The van der Waals surface area contributed by atoms with Crippen molar-refractivity contribution in [3.63, 3.8) is 0 Å². The maximum Gasteiger partial charge on any atom is 0.314 e. The molecule has 0 N–H and O–H groups in total. The first kappa shape index (κ1) is 20.5. The normalized spacial score (nSPS) is 41.4. The molecule has 4 rings (SSSR count). The average molecular weight is 387 g/mol. The van der Waals surface area contributed by atoms with Gasteiger partial charge in [0.15, 0.2) is 0 Å². The highest BCUT2D eigenvalue weighted by atomic mass is 16.5. The summed E-state index contributed by atoms with van der Waals surface area (Å²) >= 11 is 0. The second-order valence-electron chi connectivity index (χ2n) is 11.5. The van der Waals surface area contributed by atoms with Crippen molar-refractivity contribution in [3.8, 4) is 0 Å². The van der Waals surface area contributed by atoms with E-state index in [4.69, 9.17) is 4.74 Å². The number of allylic oxidation sites excluding steroid dienone is 2. The van der Waals surface area contributed by atoms with Crippen LogP contribution in [0.2, 0.25) is 0 Å². The van der Waals surface area contributed by atoms with Gasteiger partial charge in [0.25, 0.3) is 0 Å². The minimum Gasteiger partial charge on any atom is -0.431 e. The Hall–Kier alpha value is -0.790. The van der Waals surface area contributed by atoms with Crippen LogP contribution in [0.15, 0.2) is 11.3 Å². The van der Waals surface area contributed by atoms with Gasteiger partial charge < -0.3 is 4.74 Å². The highest BCUT2D eigenvalue weighted by Gasteiger charge is 2.58. The molecule has 0 amide bonds. The molecule has 0 bridgehead atoms. The second kappa shape index (κ2) is 7.47. The van der Waals surface area contributed by atoms with Crippen molar-refractivity contribution in [2.75, 3.05) is 0 Å². The molecule has 2 nitrogen and oxygen atoms in total. The third-order valence-electron chi connectivity index (χ3n) is 9.46. The molecule has 1 unspecified atom stereocenters. The Morgan fingerprint density at radius 1 is 1.00 bits per heavy atom. The second-order valence-corrected chi connectivity index (χ2v) is 11.5. The fraction of sp³-hybridized carbons (Fsp3) is 0.885. The first-order valence-corrected chi connectivity index (χ1v) is 12.2. The number of hydrogen-bond acceptors (Lipinski definition) is 2. The molecule has 0 saturated heterocycles. The predicted molar refractivity (Wildman–Crippen MR) is 115 cm³/mol. The van der Waals surface area contributed by atoms with Gasteiger partial charge in [-0.15, -0.1) is 0 Å². The molecule has 158 valence electrons. The third-order valence-corrected chi connectivity index (χ3v) is 9.46. The van der Waals surface area contributed by atoms with Crippen LogP contribution in [0.1, 0.15) is 105 Å². The van der Waals surface area contributed by atoms with Crippen LogP contribution in [0, 0.1) is 40.4 Å². The van der Waals surface area contributed by atoms with Crippen LogP contribution in [-0.4, -0.2) is 5.97 Å². The van der Waals surface area contributed by atoms with E-state index in [1.807, 2.05) is 0 Å². The van der Waals surface area contributed by atoms with Crippen molar-refractivity contribution in [2.45, 2.75) is 105 Å². The lowest BCUT2D eigenvalue weighted by molar-refractivity contribution is -0.156. The summed E-state index contributed by atoms with van der Waals surface area (Å²) in [6.07, 6.45) is 13.8. The van der Waals surface area contributed by atoms with Gasteiger partial charge in [0.05, 0.1) is 5.92 Å². The van der Waals surface area contributed by atoms with Gasteiger partial charge in [-0.3, -0.25) is 4.79 Å². The van der Waals surface area contributed by atoms with E-state index in [-0.39, 0.29) is 17.3 Å². The Labute approximate surface area is 172 Å². The van der Waals surface area contributed by atoms with Crippen LogP contribution in [0.4, 0.5) is 0 Å². The van der Waals surface area contributed by atoms with E-state index >= 15 is 0 Å². The Morgan fingerprint density at radius 3 is 2.54 bits per heavy atom. The number of esters is 1. The maximum absolute atomic E-state index is 12.9. The molecule has 1 heterocycles. The molecule has 2 fully saturated rings. The topological polar surface area (TPSA) is 26.3 Å². The van der Waals surface area contributed by atoms with Crippen LogP contribution >= 0.6 is 0 Å². The molecule has 2 heteroatoms. The lowest BCUT2D eigenvalue weighted by Crippen LogP contribution is -2.48. The van der Waals surface area contributed by atoms with E-state index < -0.39 is 0 Å². The van der Waals surface area contributed by atoms with Crippen molar-refractivity contribution in [1.29, 1.82) is 0 Å². The summed E-state index contributed by atoms with van der Waals surface area (Å²) < 4.78 is 6.19. The molecular formula is C26H42O2. The Balaban J connectivity index is 1.57. The summed E-state index contributed by atoms with van der Waals surface area (Å²) in [7, 11) is 0. The van der Waals surface area contributed by atoms with Gasteiger partial charge in [-0.1, -0.05) is 66.7 Å². The first-order valence-electron chi connectivity index (χ1n) is 12.2. The summed E-state index contributed by atoms with van der Waals surface area (Å²) in [6, 6.07) is 0. The van der Waals surface area contributed by atoms with E-state index in [9.17, 15) is 4.79 Å². The quantitative estimate of drug-likeness (QED) is 0.464. The van der Waals surface area contributed by atoms with Gasteiger partial charge in [-0.05, 0) is 67.3 Å². The minimum absolute atomic E-state index is 0.0885. The molecule has 2 saturated carbocycles. The van der Waals surface area contributed by atoms with Gasteiger partial charge in [0, 0.05) is 11.3 Å². The third kappa shape index (κ3) is 3.18. The number of fused-ring (bicyclic) bond motifs is 4. The summed E-state index contributed by atoms with van der Waals surface area (Å²) in [5.74, 6) is 4.23. The number of ether oxygens (including phenoxy) is 1. The van der Waals surface area contributed by atoms with Crippen LogP contribution in [-0.2, 0) is 9.53 Å². The maximum atomic E-state index is 12.9. The van der Waals surface area contributed by atoms with E-state index in [1.54, 1.807) is 5.57 Å². The van der Waals surface area contributed by atoms with Crippen LogP contribution in [0.5, 0.6) is 0 Å². The Morgan fingerprint density at radius 2 is 1.79 bits per heavy atom. The van der Waals surface area contributed by atoms with Gasteiger partial charge in [-0.2, -0.15) is 0 Å². The summed E-state index contributed by atoms with van der Waals surface area (Å²) in [6.45, 7) is 12.1. The predicted octanol–water partition coefficient (Wildman–Crippen LogP) is 7.28. The number of rotatable bonds is 5.